The third-order valence-electron chi connectivity index (χ3n) is 4.94. The SMILES string of the molecule is CC(C)(C)OC(=O)N1CCN(c2ccc3cc(Nc4ccccn4)c(=O)oc3c2)CC1. The van der Waals surface area contributed by atoms with Crippen LogP contribution < -0.4 is 15.8 Å². The van der Waals surface area contributed by atoms with Crippen LogP contribution in [0.5, 0.6) is 0 Å². The summed E-state index contributed by atoms with van der Waals surface area (Å²) < 4.78 is 11.0. The maximum Gasteiger partial charge on any atom is 0.410 e. The number of anilines is 3. The van der Waals surface area contributed by atoms with Gasteiger partial charge in [-0.05, 0) is 51.1 Å². The van der Waals surface area contributed by atoms with Crippen molar-refractivity contribution < 1.29 is 13.9 Å². The van der Waals surface area contributed by atoms with Crippen molar-refractivity contribution in [2.45, 2.75) is 26.4 Å². The molecule has 31 heavy (non-hydrogen) atoms. The van der Waals surface area contributed by atoms with Gasteiger partial charge in [-0.25, -0.2) is 14.6 Å². The van der Waals surface area contributed by atoms with Gasteiger partial charge in [-0.3, -0.25) is 0 Å². The lowest BCUT2D eigenvalue weighted by Crippen LogP contribution is -2.50. The second-order valence-corrected chi connectivity index (χ2v) is 8.46. The summed E-state index contributed by atoms with van der Waals surface area (Å²) in [5.41, 5.74) is 0.845. The number of fused-ring (bicyclic) bond motifs is 1. The normalized spacial score (nSPS) is 14.5. The number of benzene rings is 1. The van der Waals surface area contributed by atoms with Crippen molar-refractivity contribution >= 4 is 34.3 Å². The van der Waals surface area contributed by atoms with E-state index in [0.29, 0.717) is 43.3 Å². The fraction of sp³-hybridized carbons (Fsp3) is 0.348. The molecule has 3 aromatic rings. The quantitative estimate of drug-likeness (QED) is 0.639. The van der Waals surface area contributed by atoms with E-state index in [0.717, 1.165) is 11.1 Å². The summed E-state index contributed by atoms with van der Waals surface area (Å²) >= 11 is 0. The first-order valence-electron chi connectivity index (χ1n) is 10.3. The number of aromatic nitrogens is 1. The zero-order valence-corrected chi connectivity index (χ0v) is 17.9. The standard InChI is InChI=1S/C23H26N4O4/c1-23(2,3)31-22(29)27-12-10-26(11-13-27)17-8-7-16-14-18(21(28)30-19(16)15-17)25-20-6-4-5-9-24-20/h4-9,14-15H,10-13H2,1-3H3,(H,24,25). The predicted octanol–water partition coefficient (Wildman–Crippen LogP) is 3.99. The molecule has 2 aromatic heterocycles. The molecule has 4 rings (SSSR count). The molecule has 1 amide bonds. The molecule has 8 heteroatoms. The van der Waals surface area contributed by atoms with Crippen molar-refractivity contribution in [3.63, 3.8) is 0 Å². The highest BCUT2D eigenvalue weighted by molar-refractivity contribution is 5.83. The van der Waals surface area contributed by atoms with Crippen molar-refractivity contribution in [2.75, 3.05) is 36.4 Å². The topological polar surface area (TPSA) is 87.9 Å². The van der Waals surface area contributed by atoms with Crippen LogP contribution in [0.15, 0.2) is 57.9 Å². The minimum atomic E-state index is -0.506. The van der Waals surface area contributed by atoms with Gasteiger partial charge in [0.1, 0.15) is 22.7 Å². The predicted molar refractivity (Wildman–Crippen MR) is 120 cm³/mol. The van der Waals surface area contributed by atoms with Crippen LogP contribution in [0.25, 0.3) is 11.0 Å². The zero-order chi connectivity index (χ0) is 22.0. The smallest absolute Gasteiger partial charge is 0.410 e. The number of carbonyl (C=O) groups is 1. The number of carbonyl (C=O) groups excluding carboxylic acids is 1. The van der Waals surface area contributed by atoms with E-state index in [9.17, 15) is 9.59 Å². The summed E-state index contributed by atoms with van der Waals surface area (Å²) in [6.45, 7) is 8.08. The largest absolute Gasteiger partial charge is 0.444 e. The minimum Gasteiger partial charge on any atom is -0.444 e. The molecular weight excluding hydrogens is 396 g/mol. The monoisotopic (exact) mass is 422 g/mol. The molecule has 0 unspecified atom stereocenters. The Labute approximate surface area is 180 Å². The molecule has 1 saturated heterocycles. The fourth-order valence-corrected chi connectivity index (χ4v) is 3.43. The molecule has 0 radical (unpaired) electrons. The lowest BCUT2D eigenvalue weighted by Gasteiger charge is -2.36. The minimum absolute atomic E-state index is 0.287. The van der Waals surface area contributed by atoms with Gasteiger partial charge in [0.15, 0.2) is 0 Å². The number of nitrogens with one attached hydrogen (secondary N) is 1. The zero-order valence-electron chi connectivity index (χ0n) is 17.9. The Morgan fingerprint density at radius 2 is 1.87 bits per heavy atom. The Morgan fingerprint density at radius 3 is 2.55 bits per heavy atom. The summed E-state index contributed by atoms with van der Waals surface area (Å²) in [5.74, 6) is 0.577. The fourth-order valence-electron chi connectivity index (χ4n) is 3.43. The van der Waals surface area contributed by atoms with Crippen LogP contribution in [-0.4, -0.2) is 47.8 Å². The van der Waals surface area contributed by atoms with Crippen LogP contribution in [0.3, 0.4) is 0 Å². The van der Waals surface area contributed by atoms with Gasteiger partial charge >= 0.3 is 11.7 Å². The number of piperazine rings is 1. The highest BCUT2D eigenvalue weighted by Crippen LogP contribution is 2.25. The number of nitrogens with zero attached hydrogens (tertiary/aromatic N) is 3. The Bertz CT molecular complexity index is 1130. The summed E-state index contributed by atoms with van der Waals surface area (Å²) in [4.78, 5) is 32.7. The van der Waals surface area contributed by atoms with Crippen LogP contribution in [0.2, 0.25) is 0 Å². The van der Waals surface area contributed by atoms with Gasteiger partial charge in [-0.2, -0.15) is 0 Å². The Balaban J connectivity index is 1.47. The third kappa shape index (κ3) is 4.96. The number of ether oxygens (including phenoxy) is 1. The average Bonchev–Trinajstić information content (AvgIpc) is 2.74. The molecule has 0 aliphatic carbocycles. The molecular formula is C23H26N4O4. The van der Waals surface area contributed by atoms with Gasteiger partial charge in [0, 0.05) is 49.5 Å². The van der Waals surface area contributed by atoms with Crippen LogP contribution in [0.1, 0.15) is 20.8 Å². The maximum atomic E-state index is 12.4. The molecule has 0 saturated carbocycles. The molecule has 1 aromatic carbocycles. The van der Waals surface area contributed by atoms with Gasteiger partial charge in [0.05, 0.1) is 0 Å². The second kappa shape index (κ2) is 8.29. The summed E-state index contributed by atoms with van der Waals surface area (Å²) in [5, 5.41) is 3.81. The van der Waals surface area contributed by atoms with E-state index < -0.39 is 11.2 Å². The molecule has 3 heterocycles. The third-order valence-corrected chi connectivity index (χ3v) is 4.94. The number of rotatable bonds is 3. The summed E-state index contributed by atoms with van der Waals surface area (Å²) in [7, 11) is 0. The van der Waals surface area contributed by atoms with E-state index in [4.69, 9.17) is 9.15 Å². The summed E-state index contributed by atoms with van der Waals surface area (Å²) in [6.07, 6.45) is 1.37. The first kappa shape index (κ1) is 20.7. The van der Waals surface area contributed by atoms with Crippen molar-refractivity contribution in [3.05, 3.63) is 59.1 Å². The van der Waals surface area contributed by atoms with E-state index in [2.05, 4.69) is 15.2 Å². The van der Waals surface area contributed by atoms with Crippen molar-refractivity contribution in [2.24, 2.45) is 0 Å². The Kier molecular flexibility index (Phi) is 5.54. The summed E-state index contributed by atoms with van der Waals surface area (Å²) in [6, 6.07) is 13.0. The maximum absolute atomic E-state index is 12.4. The van der Waals surface area contributed by atoms with Gasteiger partial charge in [0.2, 0.25) is 0 Å². The molecule has 162 valence electrons. The van der Waals surface area contributed by atoms with Crippen molar-refractivity contribution in [3.8, 4) is 0 Å². The van der Waals surface area contributed by atoms with E-state index >= 15 is 0 Å². The average molecular weight is 422 g/mol. The van der Waals surface area contributed by atoms with E-state index in [1.807, 2.05) is 51.1 Å². The van der Waals surface area contributed by atoms with Gasteiger partial charge in [0.25, 0.3) is 0 Å². The molecule has 1 aliphatic rings. The van der Waals surface area contributed by atoms with Gasteiger partial charge in [-0.1, -0.05) is 6.07 Å². The highest BCUT2D eigenvalue weighted by Gasteiger charge is 2.26. The lowest BCUT2D eigenvalue weighted by molar-refractivity contribution is 0.0240. The molecule has 0 atom stereocenters. The number of pyridine rings is 1. The first-order chi connectivity index (χ1) is 14.8. The van der Waals surface area contributed by atoms with E-state index in [-0.39, 0.29) is 6.09 Å². The highest BCUT2D eigenvalue weighted by atomic mass is 16.6. The van der Waals surface area contributed by atoms with Crippen LogP contribution >= 0.6 is 0 Å². The molecule has 8 nitrogen and oxygen atoms in total. The number of hydrogen-bond acceptors (Lipinski definition) is 7. The molecule has 1 N–H and O–H groups in total. The van der Waals surface area contributed by atoms with Crippen molar-refractivity contribution in [1.82, 2.24) is 9.88 Å². The van der Waals surface area contributed by atoms with E-state index in [1.165, 1.54) is 0 Å². The van der Waals surface area contributed by atoms with Gasteiger partial charge in [-0.15, -0.1) is 0 Å². The van der Waals surface area contributed by atoms with E-state index in [1.54, 1.807) is 23.2 Å². The number of hydrogen-bond donors (Lipinski definition) is 1. The second-order valence-electron chi connectivity index (χ2n) is 8.46. The number of amides is 1. The molecule has 0 spiro atoms. The van der Waals surface area contributed by atoms with Crippen LogP contribution in [-0.2, 0) is 4.74 Å². The lowest BCUT2D eigenvalue weighted by atomic mass is 10.1. The molecule has 1 fully saturated rings. The molecule has 1 aliphatic heterocycles. The first-order valence-corrected chi connectivity index (χ1v) is 10.3. The van der Waals surface area contributed by atoms with Gasteiger partial charge < -0.3 is 24.3 Å². The molecule has 0 bridgehead atoms. The Hall–Kier alpha value is -3.55. The van der Waals surface area contributed by atoms with Crippen molar-refractivity contribution in [1.29, 1.82) is 0 Å². The Morgan fingerprint density at radius 1 is 1.10 bits per heavy atom. The van der Waals surface area contributed by atoms with Crippen LogP contribution in [0, 0.1) is 0 Å². The van der Waals surface area contributed by atoms with Crippen LogP contribution in [0.4, 0.5) is 22.0 Å².